The highest BCUT2D eigenvalue weighted by molar-refractivity contribution is 7.99. The van der Waals surface area contributed by atoms with E-state index in [0.29, 0.717) is 18.1 Å². The van der Waals surface area contributed by atoms with Gasteiger partial charge in [0.1, 0.15) is 12.7 Å². The first-order valence-corrected chi connectivity index (χ1v) is 9.19. The molecule has 2 aromatic carbocycles. The molecule has 8 heteroatoms. The van der Waals surface area contributed by atoms with Crippen LogP contribution in [0.5, 0.6) is 11.5 Å². The van der Waals surface area contributed by atoms with Crippen LogP contribution >= 0.6 is 23.4 Å². The Morgan fingerprint density at radius 3 is 2.62 bits per heavy atom. The molecular weight excluding hydrogens is 372 g/mol. The summed E-state index contributed by atoms with van der Waals surface area (Å²) in [5.74, 6) is 2.18. The molecule has 3 aromatic rings. The summed E-state index contributed by atoms with van der Waals surface area (Å²) in [6, 6.07) is 13.4. The fraction of sp³-hybridized carbons (Fsp3) is 0.167. The molecule has 0 unspecified atom stereocenters. The summed E-state index contributed by atoms with van der Waals surface area (Å²) < 4.78 is 12.8. The van der Waals surface area contributed by atoms with Crippen LogP contribution in [-0.4, -0.2) is 40.6 Å². The summed E-state index contributed by atoms with van der Waals surface area (Å²) in [5, 5.41) is 12.3. The molecule has 0 spiro atoms. The van der Waals surface area contributed by atoms with Gasteiger partial charge in [0.2, 0.25) is 0 Å². The number of nitrogens with zero attached hydrogens (tertiary/aromatic N) is 4. The van der Waals surface area contributed by atoms with Gasteiger partial charge < -0.3 is 9.47 Å². The summed E-state index contributed by atoms with van der Waals surface area (Å²) in [4.78, 5) is 1.16. The summed E-state index contributed by atoms with van der Waals surface area (Å²) in [7, 11) is 1.62. The molecule has 134 valence electrons. The van der Waals surface area contributed by atoms with Crippen LogP contribution in [0.2, 0.25) is 5.02 Å². The first kappa shape index (κ1) is 18.3. The maximum absolute atomic E-state index is 5.89. The maximum Gasteiger partial charge on any atom is 0.161 e. The normalized spacial score (nSPS) is 11.0. The zero-order valence-corrected chi connectivity index (χ0v) is 15.7. The third-order valence-corrected chi connectivity index (χ3v) is 4.59. The minimum atomic E-state index is 0.567. The Hall–Kier alpha value is -2.51. The molecule has 0 amide bonds. The van der Waals surface area contributed by atoms with Crippen molar-refractivity contribution >= 4 is 29.6 Å². The van der Waals surface area contributed by atoms with Gasteiger partial charge in [-0.25, -0.2) is 4.68 Å². The molecule has 0 aliphatic rings. The molecule has 26 heavy (non-hydrogen) atoms. The average Bonchev–Trinajstić information content (AvgIpc) is 3.19. The van der Waals surface area contributed by atoms with Crippen LogP contribution in [0.15, 0.2) is 65.1 Å². The number of halogens is 1. The van der Waals surface area contributed by atoms with E-state index in [9.17, 15) is 0 Å². The molecule has 1 heterocycles. The number of hydrogen-bond acceptors (Lipinski definition) is 6. The van der Waals surface area contributed by atoms with Gasteiger partial charge in [0, 0.05) is 15.7 Å². The largest absolute Gasteiger partial charge is 0.493 e. The van der Waals surface area contributed by atoms with Crippen molar-refractivity contribution in [3.8, 4) is 11.5 Å². The topological polar surface area (TPSA) is 61.5 Å². The SMILES string of the molecule is COc1cc(/C=N/n2cnnc2)ccc1OCCSc1ccc(Cl)cc1. The first-order valence-electron chi connectivity index (χ1n) is 7.83. The number of methoxy groups -OCH3 is 1. The van der Waals surface area contributed by atoms with Crippen molar-refractivity contribution in [2.45, 2.75) is 4.90 Å². The minimum absolute atomic E-state index is 0.567. The van der Waals surface area contributed by atoms with E-state index < -0.39 is 0 Å². The minimum Gasteiger partial charge on any atom is -0.493 e. The average molecular weight is 389 g/mol. The predicted molar refractivity (Wildman–Crippen MR) is 104 cm³/mol. The molecule has 0 atom stereocenters. The van der Waals surface area contributed by atoms with Crippen molar-refractivity contribution in [3.05, 3.63) is 65.7 Å². The van der Waals surface area contributed by atoms with Crippen LogP contribution in [0, 0.1) is 0 Å². The van der Waals surface area contributed by atoms with Crippen molar-refractivity contribution in [2.75, 3.05) is 19.5 Å². The van der Waals surface area contributed by atoms with Crippen molar-refractivity contribution in [3.63, 3.8) is 0 Å². The molecule has 0 fully saturated rings. The van der Waals surface area contributed by atoms with E-state index in [2.05, 4.69) is 15.3 Å². The quantitative estimate of drug-likeness (QED) is 0.331. The Kier molecular flexibility index (Phi) is 6.51. The maximum atomic E-state index is 5.89. The Labute approximate surface area is 160 Å². The molecule has 0 aliphatic carbocycles. The molecule has 1 aromatic heterocycles. The Bertz CT molecular complexity index is 854. The van der Waals surface area contributed by atoms with E-state index in [-0.39, 0.29) is 0 Å². The van der Waals surface area contributed by atoms with Gasteiger partial charge in [-0.1, -0.05) is 11.6 Å². The second kappa shape index (κ2) is 9.26. The molecule has 0 radical (unpaired) electrons. The van der Waals surface area contributed by atoms with Crippen LogP contribution < -0.4 is 9.47 Å². The monoisotopic (exact) mass is 388 g/mol. The van der Waals surface area contributed by atoms with Crippen LogP contribution in [0.3, 0.4) is 0 Å². The summed E-state index contributed by atoms with van der Waals surface area (Å²) in [5.41, 5.74) is 0.887. The van der Waals surface area contributed by atoms with Crippen LogP contribution in [0.4, 0.5) is 0 Å². The summed E-state index contributed by atoms with van der Waals surface area (Å²) in [6.45, 7) is 0.567. The van der Waals surface area contributed by atoms with E-state index in [0.717, 1.165) is 21.2 Å². The summed E-state index contributed by atoms with van der Waals surface area (Å²) >= 11 is 7.60. The van der Waals surface area contributed by atoms with Crippen molar-refractivity contribution in [1.82, 2.24) is 14.9 Å². The lowest BCUT2D eigenvalue weighted by atomic mass is 10.2. The number of ether oxygens (including phenoxy) is 2. The molecule has 3 rings (SSSR count). The summed E-state index contributed by atoms with van der Waals surface area (Å²) in [6.07, 6.45) is 4.74. The first-order chi connectivity index (χ1) is 12.7. The Balaban J connectivity index is 1.54. The van der Waals surface area contributed by atoms with Gasteiger partial charge in [-0.3, -0.25) is 0 Å². The molecule has 0 N–H and O–H groups in total. The smallest absolute Gasteiger partial charge is 0.161 e. The van der Waals surface area contributed by atoms with Gasteiger partial charge in [0.15, 0.2) is 11.5 Å². The van der Waals surface area contributed by atoms with Crippen molar-refractivity contribution < 1.29 is 9.47 Å². The highest BCUT2D eigenvalue weighted by Gasteiger charge is 2.05. The van der Waals surface area contributed by atoms with E-state index >= 15 is 0 Å². The molecule has 0 saturated heterocycles. The van der Waals surface area contributed by atoms with Gasteiger partial charge in [0.25, 0.3) is 0 Å². The second-order valence-electron chi connectivity index (χ2n) is 5.15. The predicted octanol–water partition coefficient (Wildman–Crippen LogP) is 3.99. The molecule has 6 nitrogen and oxygen atoms in total. The van der Waals surface area contributed by atoms with E-state index in [4.69, 9.17) is 21.1 Å². The number of thioether (sulfide) groups is 1. The van der Waals surface area contributed by atoms with Crippen LogP contribution in [0.1, 0.15) is 5.56 Å². The zero-order chi connectivity index (χ0) is 18.2. The molecular formula is C18H17ClN4O2S. The van der Waals surface area contributed by atoms with Crippen LogP contribution in [0.25, 0.3) is 0 Å². The van der Waals surface area contributed by atoms with E-state index in [1.807, 2.05) is 42.5 Å². The van der Waals surface area contributed by atoms with Gasteiger partial charge in [0.05, 0.1) is 19.9 Å². The van der Waals surface area contributed by atoms with E-state index in [1.54, 1.807) is 25.1 Å². The fourth-order valence-electron chi connectivity index (χ4n) is 2.11. The van der Waals surface area contributed by atoms with Gasteiger partial charge in [-0.05, 0) is 48.0 Å². The fourth-order valence-corrected chi connectivity index (χ4v) is 2.97. The van der Waals surface area contributed by atoms with Gasteiger partial charge in [-0.2, -0.15) is 5.10 Å². The highest BCUT2D eigenvalue weighted by Crippen LogP contribution is 2.28. The number of rotatable bonds is 8. The standard InChI is InChI=1S/C18H17ClN4O2S/c1-24-18-10-14(11-22-23-12-20-21-13-23)2-7-17(18)25-8-9-26-16-5-3-15(19)4-6-16/h2-7,10-13H,8-9H2,1H3/b22-11+. The van der Waals surface area contributed by atoms with Gasteiger partial charge in [-0.15, -0.1) is 22.0 Å². The third-order valence-electron chi connectivity index (χ3n) is 3.36. The second-order valence-corrected chi connectivity index (χ2v) is 6.75. The number of hydrogen-bond donors (Lipinski definition) is 0. The lowest BCUT2D eigenvalue weighted by Gasteiger charge is -2.11. The lowest BCUT2D eigenvalue weighted by molar-refractivity contribution is 0.313. The van der Waals surface area contributed by atoms with Crippen molar-refractivity contribution in [2.24, 2.45) is 5.10 Å². The zero-order valence-electron chi connectivity index (χ0n) is 14.1. The van der Waals surface area contributed by atoms with Crippen molar-refractivity contribution in [1.29, 1.82) is 0 Å². The highest BCUT2D eigenvalue weighted by atomic mass is 35.5. The third kappa shape index (κ3) is 5.24. The molecule has 0 saturated carbocycles. The van der Waals surface area contributed by atoms with Gasteiger partial charge >= 0.3 is 0 Å². The molecule has 0 bridgehead atoms. The number of aromatic nitrogens is 3. The van der Waals surface area contributed by atoms with E-state index in [1.165, 1.54) is 17.3 Å². The van der Waals surface area contributed by atoms with Crippen LogP contribution in [-0.2, 0) is 0 Å². The lowest BCUT2D eigenvalue weighted by Crippen LogP contribution is -2.02. The molecule has 0 aliphatic heterocycles. The Morgan fingerprint density at radius 1 is 1.12 bits per heavy atom. The number of benzene rings is 2. The Morgan fingerprint density at radius 2 is 1.88 bits per heavy atom.